The van der Waals surface area contributed by atoms with Crippen LogP contribution >= 0.6 is 0 Å². The van der Waals surface area contributed by atoms with Crippen molar-refractivity contribution in [2.24, 2.45) is 5.92 Å². The molecule has 1 N–H and O–H groups in total. The fraction of sp³-hybridized carbons (Fsp3) is 0.500. The second kappa shape index (κ2) is 3.36. The van der Waals surface area contributed by atoms with Gasteiger partial charge in [-0.3, -0.25) is 4.79 Å². The number of carbonyl (C=O) groups is 1. The normalized spacial score (nSPS) is 20.2. The second-order valence-corrected chi connectivity index (χ2v) is 3.55. The lowest BCUT2D eigenvalue weighted by atomic mass is 9.96. The Balaban J connectivity index is 2.27. The number of hydrogen-bond donors (Lipinski definition) is 1. The number of aromatic nitrogens is 1. The first-order valence-electron chi connectivity index (χ1n) is 4.67. The first kappa shape index (κ1) is 9.12. The molecule has 2 rings (SSSR count). The van der Waals surface area contributed by atoms with Crippen LogP contribution in [0.4, 0.5) is 0 Å². The van der Waals surface area contributed by atoms with Crippen molar-refractivity contribution in [3.63, 3.8) is 0 Å². The fourth-order valence-corrected chi connectivity index (χ4v) is 1.94. The Labute approximate surface area is 82.1 Å². The van der Waals surface area contributed by atoms with Crippen LogP contribution in [0, 0.1) is 5.92 Å². The second-order valence-electron chi connectivity index (χ2n) is 3.55. The third kappa shape index (κ3) is 1.36. The van der Waals surface area contributed by atoms with E-state index < -0.39 is 5.97 Å². The van der Waals surface area contributed by atoms with Gasteiger partial charge in [-0.1, -0.05) is 0 Å². The molecule has 1 atom stereocenters. The molecule has 76 valence electrons. The first-order valence-corrected chi connectivity index (χ1v) is 4.67. The fourth-order valence-electron chi connectivity index (χ4n) is 1.94. The largest absolute Gasteiger partial charge is 0.495 e. The van der Waals surface area contributed by atoms with E-state index in [2.05, 4.69) is 4.57 Å². The summed E-state index contributed by atoms with van der Waals surface area (Å²) in [4.78, 5) is 10.8. The van der Waals surface area contributed by atoms with Gasteiger partial charge in [-0.2, -0.15) is 0 Å². The average molecular weight is 195 g/mol. The SMILES string of the molecule is COc1ccn2c1CC(C(=O)O)CC2. The minimum atomic E-state index is -0.709. The molecule has 1 aliphatic heterocycles. The zero-order chi connectivity index (χ0) is 10.1. The topological polar surface area (TPSA) is 51.5 Å². The highest BCUT2D eigenvalue weighted by atomic mass is 16.5. The molecule has 0 amide bonds. The third-order valence-electron chi connectivity index (χ3n) is 2.76. The van der Waals surface area contributed by atoms with E-state index >= 15 is 0 Å². The molecule has 1 unspecified atom stereocenters. The Bertz CT molecular complexity index is 343. The van der Waals surface area contributed by atoms with Gasteiger partial charge < -0.3 is 14.4 Å². The van der Waals surface area contributed by atoms with Crippen LogP contribution in [-0.4, -0.2) is 22.8 Å². The number of nitrogens with zero attached hydrogens (tertiary/aromatic N) is 1. The number of rotatable bonds is 2. The van der Waals surface area contributed by atoms with E-state index in [0.717, 1.165) is 18.0 Å². The van der Waals surface area contributed by atoms with Gasteiger partial charge in [-0.15, -0.1) is 0 Å². The van der Waals surface area contributed by atoms with Gasteiger partial charge in [-0.25, -0.2) is 0 Å². The van der Waals surface area contributed by atoms with E-state index in [0.29, 0.717) is 12.8 Å². The van der Waals surface area contributed by atoms with Gasteiger partial charge in [0.1, 0.15) is 5.75 Å². The lowest BCUT2D eigenvalue weighted by molar-refractivity contribution is -0.142. The molecule has 4 nitrogen and oxygen atoms in total. The van der Waals surface area contributed by atoms with E-state index in [1.165, 1.54) is 0 Å². The molecule has 0 radical (unpaired) electrons. The van der Waals surface area contributed by atoms with Crippen molar-refractivity contribution in [1.82, 2.24) is 4.57 Å². The lowest BCUT2D eigenvalue weighted by Gasteiger charge is -2.21. The molecule has 0 aliphatic carbocycles. The smallest absolute Gasteiger partial charge is 0.306 e. The van der Waals surface area contributed by atoms with Crippen molar-refractivity contribution in [3.05, 3.63) is 18.0 Å². The molecule has 0 saturated heterocycles. The van der Waals surface area contributed by atoms with Crippen LogP contribution in [0.3, 0.4) is 0 Å². The van der Waals surface area contributed by atoms with Crippen LogP contribution in [0.2, 0.25) is 0 Å². The van der Waals surface area contributed by atoms with Crippen molar-refractivity contribution in [1.29, 1.82) is 0 Å². The standard InChI is InChI=1S/C10H13NO3/c1-14-9-3-5-11-4-2-7(10(12)13)6-8(9)11/h3,5,7H,2,4,6H2,1H3,(H,12,13). The van der Waals surface area contributed by atoms with Crippen molar-refractivity contribution < 1.29 is 14.6 Å². The van der Waals surface area contributed by atoms with Gasteiger partial charge >= 0.3 is 5.97 Å². The van der Waals surface area contributed by atoms with Crippen molar-refractivity contribution in [3.8, 4) is 5.75 Å². The van der Waals surface area contributed by atoms with E-state index in [9.17, 15) is 4.79 Å². The summed E-state index contributed by atoms with van der Waals surface area (Å²) in [6.45, 7) is 0.773. The zero-order valence-corrected chi connectivity index (χ0v) is 8.06. The number of aryl methyl sites for hydroxylation is 1. The summed E-state index contributed by atoms with van der Waals surface area (Å²) in [5.41, 5.74) is 1.01. The Hall–Kier alpha value is -1.45. The first-order chi connectivity index (χ1) is 6.72. The average Bonchev–Trinajstić information content (AvgIpc) is 2.59. The molecular weight excluding hydrogens is 182 g/mol. The minimum Gasteiger partial charge on any atom is -0.495 e. The summed E-state index contributed by atoms with van der Waals surface area (Å²) in [6, 6.07) is 1.89. The molecule has 1 aromatic heterocycles. The lowest BCUT2D eigenvalue weighted by Crippen LogP contribution is -2.25. The number of aliphatic carboxylic acids is 1. The molecule has 1 aliphatic rings. The Morgan fingerprint density at radius 1 is 1.71 bits per heavy atom. The predicted octanol–water partition coefficient (Wildman–Crippen LogP) is 1.14. The summed E-state index contributed by atoms with van der Waals surface area (Å²) in [5.74, 6) is -0.165. The monoisotopic (exact) mass is 195 g/mol. The molecular formula is C10H13NO3. The van der Waals surface area contributed by atoms with Gasteiger partial charge in [0.2, 0.25) is 0 Å². The van der Waals surface area contributed by atoms with Crippen LogP contribution in [-0.2, 0) is 17.8 Å². The summed E-state index contributed by atoms with van der Waals surface area (Å²) < 4.78 is 7.23. The third-order valence-corrected chi connectivity index (χ3v) is 2.76. The van der Waals surface area contributed by atoms with E-state index in [4.69, 9.17) is 9.84 Å². The molecule has 0 spiro atoms. The van der Waals surface area contributed by atoms with E-state index in [1.807, 2.05) is 12.3 Å². The number of hydrogen-bond acceptors (Lipinski definition) is 2. The van der Waals surface area contributed by atoms with Gasteiger partial charge in [0.15, 0.2) is 0 Å². The number of carboxylic acid groups (broad SMARTS) is 1. The molecule has 0 aromatic carbocycles. The van der Waals surface area contributed by atoms with Gasteiger partial charge in [0, 0.05) is 19.2 Å². The minimum absolute atomic E-state index is 0.258. The molecule has 14 heavy (non-hydrogen) atoms. The predicted molar refractivity (Wildman–Crippen MR) is 50.4 cm³/mol. The highest BCUT2D eigenvalue weighted by molar-refractivity contribution is 5.70. The maximum atomic E-state index is 10.8. The van der Waals surface area contributed by atoms with Crippen LogP contribution in [0.15, 0.2) is 12.3 Å². The van der Waals surface area contributed by atoms with Crippen molar-refractivity contribution in [2.75, 3.05) is 7.11 Å². The van der Waals surface area contributed by atoms with Crippen LogP contribution in [0.25, 0.3) is 0 Å². The highest BCUT2D eigenvalue weighted by Gasteiger charge is 2.26. The van der Waals surface area contributed by atoms with Crippen LogP contribution in [0.1, 0.15) is 12.1 Å². The van der Waals surface area contributed by atoms with Crippen LogP contribution < -0.4 is 4.74 Å². The van der Waals surface area contributed by atoms with Crippen molar-refractivity contribution >= 4 is 5.97 Å². The number of methoxy groups -OCH3 is 1. The Morgan fingerprint density at radius 2 is 2.50 bits per heavy atom. The Kier molecular flexibility index (Phi) is 2.19. The maximum Gasteiger partial charge on any atom is 0.306 e. The van der Waals surface area contributed by atoms with E-state index in [1.54, 1.807) is 7.11 Å². The molecule has 0 bridgehead atoms. The summed E-state index contributed by atoms with van der Waals surface area (Å²) in [6.07, 6.45) is 3.23. The molecule has 2 heterocycles. The quantitative estimate of drug-likeness (QED) is 0.770. The number of ether oxygens (including phenoxy) is 1. The zero-order valence-electron chi connectivity index (χ0n) is 8.06. The summed E-state index contributed by atoms with van der Waals surface area (Å²) in [7, 11) is 1.61. The van der Waals surface area contributed by atoms with Gasteiger partial charge in [-0.05, 0) is 12.5 Å². The highest BCUT2D eigenvalue weighted by Crippen LogP contribution is 2.28. The summed E-state index contributed by atoms with van der Waals surface area (Å²) >= 11 is 0. The molecule has 0 fully saturated rings. The maximum absolute atomic E-state index is 10.8. The number of fused-ring (bicyclic) bond motifs is 1. The Morgan fingerprint density at radius 3 is 3.14 bits per heavy atom. The molecule has 4 heteroatoms. The van der Waals surface area contributed by atoms with Gasteiger partial charge in [0.05, 0.1) is 18.7 Å². The number of carboxylic acids is 1. The van der Waals surface area contributed by atoms with Crippen molar-refractivity contribution in [2.45, 2.75) is 19.4 Å². The van der Waals surface area contributed by atoms with Gasteiger partial charge in [0.25, 0.3) is 0 Å². The van der Waals surface area contributed by atoms with Crippen LogP contribution in [0.5, 0.6) is 5.75 Å². The van der Waals surface area contributed by atoms with E-state index in [-0.39, 0.29) is 5.92 Å². The summed E-state index contributed by atoms with van der Waals surface area (Å²) in [5, 5.41) is 8.91. The molecule has 1 aromatic rings. The molecule has 0 saturated carbocycles.